The molecule has 0 heterocycles. The Hall–Kier alpha value is -1.07. The van der Waals surface area contributed by atoms with Gasteiger partial charge in [-0.05, 0) is 47.0 Å². The summed E-state index contributed by atoms with van der Waals surface area (Å²) < 4.78 is 0.719. The summed E-state index contributed by atoms with van der Waals surface area (Å²) in [5, 5.41) is 12.4. The Morgan fingerprint density at radius 3 is 2.55 bits per heavy atom. The monoisotopic (exact) mass is 359 g/mol. The first-order valence-corrected chi connectivity index (χ1v) is 7.58. The fraction of sp³-hybridized carbons (Fsp3) is 0.429. The molecule has 1 fully saturated rings. The topological polar surface area (TPSA) is 66.4 Å². The minimum atomic E-state index is -0.888. The predicted molar refractivity (Wildman–Crippen MR) is 80.1 cm³/mol. The molecule has 4 nitrogen and oxygen atoms in total. The summed E-state index contributed by atoms with van der Waals surface area (Å²) >= 11 is 9.24. The first-order valence-electron chi connectivity index (χ1n) is 6.41. The van der Waals surface area contributed by atoms with Gasteiger partial charge in [-0.1, -0.05) is 24.4 Å². The number of carbonyl (C=O) groups is 2. The highest BCUT2D eigenvalue weighted by Gasteiger charge is 2.37. The van der Waals surface area contributed by atoms with E-state index >= 15 is 0 Å². The second-order valence-corrected chi connectivity index (χ2v) is 6.40. The fourth-order valence-corrected chi connectivity index (χ4v) is 3.06. The molecule has 20 heavy (non-hydrogen) atoms. The first-order chi connectivity index (χ1) is 9.42. The van der Waals surface area contributed by atoms with Crippen LogP contribution in [0, 0.1) is 0 Å². The van der Waals surface area contributed by atoms with Gasteiger partial charge in [-0.2, -0.15) is 0 Å². The molecule has 0 bridgehead atoms. The number of benzene rings is 1. The molecule has 2 N–H and O–H groups in total. The highest BCUT2D eigenvalue weighted by Crippen LogP contribution is 2.33. The van der Waals surface area contributed by atoms with Crippen LogP contribution in [0.2, 0.25) is 5.02 Å². The van der Waals surface area contributed by atoms with E-state index in [1.807, 2.05) is 0 Å². The van der Waals surface area contributed by atoms with Gasteiger partial charge in [0, 0.05) is 10.0 Å². The van der Waals surface area contributed by atoms with Gasteiger partial charge in [-0.3, -0.25) is 9.59 Å². The molecular weight excluding hydrogens is 346 g/mol. The number of carbonyl (C=O) groups excluding carboxylic acids is 1. The van der Waals surface area contributed by atoms with Crippen molar-refractivity contribution in [1.82, 2.24) is 5.32 Å². The maximum Gasteiger partial charge on any atom is 0.305 e. The third kappa shape index (κ3) is 3.52. The third-order valence-electron chi connectivity index (χ3n) is 3.61. The van der Waals surface area contributed by atoms with Crippen LogP contribution in [0.1, 0.15) is 42.5 Å². The highest BCUT2D eigenvalue weighted by atomic mass is 79.9. The van der Waals surface area contributed by atoms with Crippen molar-refractivity contribution in [2.24, 2.45) is 0 Å². The number of carboxylic acid groups (broad SMARTS) is 1. The largest absolute Gasteiger partial charge is 0.481 e. The summed E-state index contributed by atoms with van der Waals surface area (Å²) in [5.41, 5.74) is -0.183. The molecule has 1 aliphatic carbocycles. The van der Waals surface area contributed by atoms with Crippen molar-refractivity contribution in [3.8, 4) is 0 Å². The quantitative estimate of drug-likeness (QED) is 0.862. The molecule has 0 unspecified atom stereocenters. The number of halogens is 2. The number of nitrogens with one attached hydrogen (secondary N) is 1. The minimum absolute atomic E-state index is 0.0387. The molecule has 108 valence electrons. The lowest BCUT2D eigenvalue weighted by molar-refractivity contribution is -0.138. The molecule has 0 aromatic heterocycles. The van der Waals surface area contributed by atoms with Crippen molar-refractivity contribution in [2.45, 2.75) is 37.6 Å². The van der Waals surface area contributed by atoms with E-state index in [4.69, 9.17) is 16.7 Å². The van der Waals surface area contributed by atoms with Crippen molar-refractivity contribution in [3.05, 3.63) is 33.3 Å². The molecule has 0 spiro atoms. The molecule has 2 rings (SSSR count). The van der Waals surface area contributed by atoms with Crippen molar-refractivity contribution in [3.63, 3.8) is 0 Å². The highest BCUT2D eigenvalue weighted by molar-refractivity contribution is 9.10. The smallest absolute Gasteiger partial charge is 0.305 e. The van der Waals surface area contributed by atoms with Gasteiger partial charge in [0.15, 0.2) is 0 Å². The number of hydrogen-bond acceptors (Lipinski definition) is 2. The minimum Gasteiger partial charge on any atom is -0.481 e. The van der Waals surface area contributed by atoms with Crippen LogP contribution in [0.25, 0.3) is 0 Å². The van der Waals surface area contributed by atoms with E-state index in [1.165, 1.54) is 0 Å². The standard InChI is InChI=1S/C14H15BrClNO3/c15-10-4-3-9(7-11(10)16)13(20)17-14(8-12(18)19)5-1-2-6-14/h3-4,7H,1-2,5-6,8H2,(H,17,20)(H,18,19). The van der Waals surface area contributed by atoms with Gasteiger partial charge in [0.1, 0.15) is 0 Å². The summed E-state index contributed by atoms with van der Waals surface area (Å²) in [6.07, 6.45) is 3.25. The molecule has 0 atom stereocenters. The lowest BCUT2D eigenvalue weighted by atomic mass is 9.92. The van der Waals surface area contributed by atoms with Crippen LogP contribution in [-0.2, 0) is 4.79 Å². The van der Waals surface area contributed by atoms with E-state index < -0.39 is 11.5 Å². The molecule has 0 radical (unpaired) electrons. The van der Waals surface area contributed by atoms with Gasteiger partial charge in [0.05, 0.1) is 17.0 Å². The molecule has 0 aliphatic heterocycles. The number of amides is 1. The lowest BCUT2D eigenvalue weighted by Gasteiger charge is -2.28. The second-order valence-electron chi connectivity index (χ2n) is 5.14. The molecule has 6 heteroatoms. The van der Waals surface area contributed by atoms with E-state index in [0.717, 1.165) is 17.3 Å². The zero-order chi connectivity index (χ0) is 14.8. The summed E-state index contributed by atoms with van der Waals surface area (Å²) in [4.78, 5) is 23.3. The van der Waals surface area contributed by atoms with E-state index in [-0.39, 0.29) is 12.3 Å². The van der Waals surface area contributed by atoms with Gasteiger partial charge in [0.25, 0.3) is 5.91 Å². The molecule has 1 aliphatic rings. The number of carboxylic acids is 1. The Bertz CT molecular complexity index is 541. The normalized spacial score (nSPS) is 16.9. The summed E-state index contributed by atoms with van der Waals surface area (Å²) in [6.45, 7) is 0. The maximum absolute atomic E-state index is 12.3. The summed E-state index contributed by atoms with van der Waals surface area (Å²) in [6, 6.07) is 4.94. The van der Waals surface area contributed by atoms with Gasteiger partial charge in [-0.25, -0.2) is 0 Å². The number of hydrogen-bond donors (Lipinski definition) is 2. The lowest BCUT2D eigenvalue weighted by Crippen LogP contribution is -2.47. The van der Waals surface area contributed by atoms with Crippen LogP contribution < -0.4 is 5.32 Å². The van der Waals surface area contributed by atoms with Crippen molar-refractivity contribution >= 4 is 39.4 Å². The van der Waals surface area contributed by atoms with Crippen molar-refractivity contribution in [1.29, 1.82) is 0 Å². The van der Waals surface area contributed by atoms with E-state index in [9.17, 15) is 9.59 Å². The van der Waals surface area contributed by atoms with Crippen LogP contribution in [-0.4, -0.2) is 22.5 Å². The molecular formula is C14H15BrClNO3. The zero-order valence-electron chi connectivity index (χ0n) is 10.8. The van der Waals surface area contributed by atoms with Crippen molar-refractivity contribution < 1.29 is 14.7 Å². The van der Waals surface area contributed by atoms with E-state index in [0.29, 0.717) is 23.4 Å². The van der Waals surface area contributed by atoms with Gasteiger partial charge < -0.3 is 10.4 Å². The van der Waals surface area contributed by atoms with Crippen LogP contribution in [0.3, 0.4) is 0 Å². The number of aliphatic carboxylic acids is 1. The zero-order valence-corrected chi connectivity index (χ0v) is 13.1. The fourth-order valence-electron chi connectivity index (χ4n) is 2.64. The summed E-state index contributed by atoms with van der Waals surface area (Å²) in [7, 11) is 0. The second kappa shape index (κ2) is 6.14. The first kappa shape index (κ1) is 15.3. The van der Waals surface area contributed by atoms with Crippen LogP contribution in [0.15, 0.2) is 22.7 Å². The van der Waals surface area contributed by atoms with Gasteiger partial charge in [0.2, 0.25) is 0 Å². The third-order valence-corrected chi connectivity index (χ3v) is 4.84. The average Bonchev–Trinajstić information content (AvgIpc) is 2.79. The summed E-state index contributed by atoms with van der Waals surface area (Å²) in [5.74, 6) is -1.16. The average molecular weight is 361 g/mol. The van der Waals surface area contributed by atoms with Crippen LogP contribution >= 0.6 is 27.5 Å². The van der Waals surface area contributed by atoms with Crippen LogP contribution in [0.5, 0.6) is 0 Å². The maximum atomic E-state index is 12.3. The van der Waals surface area contributed by atoms with Crippen LogP contribution in [0.4, 0.5) is 0 Å². The Balaban J connectivity index is 2.16. The Morgan fingerprint density at radius 2 is 2.00 bits per heavy atom. The van der Waals surface area contributed by atoms with Gasteiger partial charge >= 0.3 is 5.97 Å². The Kier molecular flexibility index (Phi) is 4.70. The number of rotatable bonds is 4. The molecule has 1 amide bonds. The SMILES string of the molecule is O=C(O)CC1(NC(=O)c2ccc(Br)c(Cl)c2)CCCC1. The van der Waals surface area contributed by atoms with E-state index in [2.05, 4.69) is 21.2 Å². The van der Waals surface area contributed by atoms with E-state index in [1.54, 1.807) is 18.2 Å². The molecule has 1 saturated carbocycles. The Morgan fingerprint density at radius 1 is 1.35 bits per heavy atom. The Labute approximate surface area is 130 Å². The molecule has 0 saturated heterocycles. The van der Waals surface area contributed by atoms with Crippen molar-refractivity contribution in [2.75, 3.05) is 0 Å². The molecule has 1 aromatic carbocycles. The predicted octanol–water partition coefficient (Wildman–Crippen LogP) is 3.62. The van der Waals surface area contributed by atoms with Gasteiger partial charge in [-0.15, -0.1) is 0 Å². The molecule has 1 aromatic rings.